The van der Waals surface area contributed by atoms with Crippen molar-refractivity contribution in [3.63, 3.8) is 0 Å². The van der Waals surface area contributed by atoms with Gasteiger partial charge in [-0.15, -0.1) is 0 Å². The molecule has 0 radical (unpaired) electrons. The number of hydrogen-bond acceptors (Lipinski definition) is 2. The lowest BCUT2D eigenvalue weighted by Gasteiger charge is -2.02. The van der Waals surface area contributed by atoms with Crippen molar-refractivity contribution in [1.29, 1.82) is 0 Å². The lowest BCUT2D eigenvalue weighted by Crippen LogP contribution is -2.00. The highest BCUT2D eigenvalue weighted by molar-refractivity contribution is 9.11. The van der Waals surface area contributed by atoms with Crippen LogP contribution >= 0.6 is 31.9 Å². The van der Waals surface area contributed by atoms with Gasteiger partial charge in [0.2, 0.25) is 0 Å². The van der Waals surface area contributed by atoms with E-state index in [1.165, 1.54) is 12.5 Å². The van der Waals surface area contributed by atoms with Crippen molar-refractivity contribution in [3.05, 3.63) is 56.9 Å². The molecule has 0 fully saturated rings. The molecule has 0 aliphatic heterocycles. The molecule has 1 aromatic heterocycles. The van der Waals surface area contributed by atoms with Crippen LogP contribution in [0.3, 0.4) is 0 Å². The number of hydrogen-bond donors (Lipinski definition) is 0. The minimum Gasteiger partial charge on any atom is -0.472 e. The highest BCUT2D eigenvalue weighted by atomic mass is 79.9. The van der Waals surface area contributed by atoms with Crippen molar-refractivity contribution in [2.75, 3.05) is 0 Å². The topological polar surface area (TPSA) is 30.2 Å². The van der Waals surface area contributed by atoms with Crippen LogP contribution in [-0.4, -0.2) is 5.78 Å². The molecule has 0 aliphatic carbocycles. The SMILES string of the molecule is O=C(c1ccoc1)c1cc(Br)ccc1Br. The summed E-state index contributed by atoms with van der Waals surface area (Å²) in [5, 5.41) is 0. The normalized spacial score (nSPS) is 10.3. The number of rotatable bonds is 2. The van der Waals surface area contributed by atoms with E-state index in [4.69, 9.17) is 4.42 Å². The van der Waals surface area contributed by atoms with Crippen molar-refractivity contribution < 1.29 is 9.21 Å². The Bertz CT molecular complexity index is 489. The minimum absolute atomic E-state index is 0.0584. The summed E-state index contributed by atoms with van der Waals surface area (Å²) >= 11 is 6.68. The maximum absolute atomic E-state index is 12.0. The van der Waals surface area contributed by atoms with Gasteiger partial charge in [-0.25, -0.2) is 0 Å². The Morgan fingerprint density at radius 3 is 2.67 bits per heavy atom. The van der Waals surface area contributed by atoms with E-state index >= 15 is 0 Å². The summed E-state index contributed by atoms with van der Waals surface area (Å²) in [6.07, 6.45) is 2.93. The molecular formula is C11H6Br2O2. The Labute approximate surface area is 104 Å². The van der Waals surface area contributed by atoms with E-state index in [0.717, 1.165) is 8.95 Å². The van der Waals surface area contributed by atoms with Gasteiger partial charge < -0.3 is 4.42 Å². The van der Waals surface area contributed by atoms with Gasteiger partial charge in [-0.05, 0) is 24.3 Å². The van der Waals surface area contributed by atoms with Gasteiger partial charge in [-0.1, -0.05) is 31.9 Å². The second-order valence-corrected chi connectivity index (χ2v) is 4.74. The van der Waals surface area contributed by atoms with E-state index in [1.807, 2.05) is 12.1 Å². The Morgan fingerprint density at radius 2 is 2.00 bits per heavy atom. The molecule has 0 spiro atoms. The molecule has 1 aromatic carbocycles. The molecule has 2 nitrogen and oxygen atoms in total. The van der Waals surface area contributed by atoms with Gasteiger partial charge in [0.15, 0.2) is 5.78 Å². The van der Waals surface area contributed by atoms with Crippen LogP contribution in [0.2, 0.25) is 0 Å². The van der Waals surface area contributed by atoms with Crippen molar-refractivity contribution in [2.24, 2.45) is 0 Å². The van der Waals surface area contributed by atoms with E-state index in [-0.39, 0.29) is 5.78 Å². The van der Waals surface area contributed by atoms with Gasteiger partial charge in [0, 0.05) is 14.5 Å². The summed E-state index contributed by atoms with van der Waals surface area (Å²) in [6.45, 7) is 0. The molecule has 0 aliphatic rings. The summed E-state index contributed by atoms with van der Waals surface area (Å²) in [5.41, 5.74) is 1.17. The third-order valence-corrected chi connectivity index (χ3v) is 3.14. The zero-order valence-electron chi connectivity index (χ0n) is 7.54. The molecule has 1 heterocycles. The summed E-state index contributed by atoms with van der Waals surface area (Å²) in [5.74, 6) is -0.0584. The van der Waals surface area contributed by atoms with Crippen LogP contribution in [0.5, 0.6) is 0 Å². The predicted octanol–water partition coefficient (Wildman–Crippen LogP) is 4.04. The first-order chi connectivity index (χ1) is 7.18. The van der Waals surface area contributed by atoms with Crippen LogP contribution in [-0.2, 0) is 0 Å². The van der Waals surface area contributed by atoms with Gasteiger partial charge in [0.1, 0.15) is 6.26 Å². The van der Waals surface area contributed by atoms with Crippen molar-refractivity contribution in [3.8, 4) is 0 Å². The first-order valence-corrected chi connectivity index (χ1v) is 5.79. The molecule has 15 heavy (non-hydrogen) atoms. The first kappa shape index (κ1) is 10.6. The third kappa shape index (κ3) is 2.21. The van der Waals surface area contributed by atoms with Gasteiger partial charge in [0.05, 0.1) is 11.8 Å². The van der Waals surface area contributed by atoms with E-state index in [1.54, 1.807) is 12.1 Å². The Hall–Kier alpha value is -0.870. The lowest BCUT2D eigenvalue weighted by molar-refractivity contribution is 0.103. The highest BCUT2D eigenvalue weighted by Crippen LogP contribution is 2.24. The van der Waals surface area contributed by atoms with Crippen molar-refractivity contribution in [1.82, 2.24) is 0 Å². The average Bonchev–Trinajstić information content (AvgIpc) is 2.74. The molecule has 0 atom stereocenters. The average molecular weight is 330 g/mol. The summed E-state index contributed by atoms with van der Waals surface area (Å²) in [6, 6.07) is 7.13. The van der Waals surface area contributed by atoms with Crippen LogP contribution in [0.25, 0.3) is 0 Å². The van der Waals surface area contributed by atoms with Crippen LogP contribution in [0.15, 0.2) is 50.2 Å². The maximum atomic E-state index is 12.0. The lowest BCUT2D eigenvalue weighted by atomic mass is 10.1. The molecular weight excluding hydrogens is 324 g/mol. The molecule has 0 amide bonds. The smallest absolute Gasteiger partial charge is 0.197 e. The second-order valence-electron chi connectivity index (χ2n) is 2.97. The molecule has 0 bridgehead atoms. The second kappa shape index (κ2) is 4.33. The van der Waals surface area contributed by atoms with Crippen molar-refractivity contribution >= 4 is 37.6 Å². The van der Waals surface area contributed by atoms with E-state index in [0.29, 0.717) is 11.1 Å². The van der Waals surface area contributed by atoms with E-state index in [2.05, 4.69) is 31.9 Å². The molecule has 0 saturated carbocycles. The number of halogens is 2. The number of ketones is 1. The van der Waals surface area contributed by atoms with Gasteiger partial charge in [-0.3, -0.25) is 4.79 Å². The van der Waals surface area contributed by atoms with Gasteiger partial charge in [0.25, 0.3) is 0 Å². The fraction of sp³-hybridized carbons (Fsp3) is 0. The minimum atomic E-state index is -0.0584. The van der Waals surface area contributed by atoms with E-state index in [9.17, 15) is 4.79 Å². The van der Waals surface area contributed by atoms with Gasteiger partial charge >= 0.3 is 0 Å². The summed E-state index contributed by atoms with van der Waals surface area (Å²) in [4.78, 5) is 12.0. The van der Waals surface area contributed by atoms with Crippen LogP contribution < -0.4 is 0 Å². The van der Waals surface area contributed by atoms with Crippen LogP contribution in [0, 0.1) is 0 Å². The molecule has 0 saturated heterocycles. The number of benzene rings is 1. The fourth-order valence-electron chi connectivity index (χ4n) is 1.22. The monoisotopic (exact) mass is 328 g/mol. The zero-order valence-corrected chi connectivity index (χ0v) is 10.7. The number of carbonyl (C=O) groups is 1. The standard InChI is InChI=1S/C11H6Br2O2/c12-8-1-2-10(13)9(5-8)11(14)7-3-4-15-6-7/h1-6H. The van der Waals surface area contributed by atoms with Crippen LogP contribution in [0.4, 0.5) is 0 Å². The number of furan rings is 1. The Kier molecular flexibility index (Phi) is 3.07. The largest absolute Gasteiger partial charge is 0.472 e. The zero-order chi connectivity index (χ0) is 10.8. The molecule has 4 heteroatoms. The number of carbonyl (C=O) groups excluding carboxylic acids is 1. The highest BCUT2D eigenvalue weighted by Gasteiger charge is 2.13. The molecule has 0 N–H and O–H groups in total. The third-order valence-electron chi connectivity index (χ3n) is 1.96. The maximum Gasteiger partial charge on any atom is 0.197 e. The molecule has 2 rings (SSSR count). The van der Waals surface area contributed by atoms with Gasteiger partial charge in [-0.2, -0.15) is 0 Å². The summed E-state index contributed by atoms with van der Waals surface area (Å²) < 4.78 is 6.53. The molecule has 0 unspecified atom stereocenters. The van der Waals surface area contributed by atoms with Crippen LogP contribution in [0.1, 0.15) is 15.9 Å². The molecule has 2 aromatic rings. The Balaban J connectivity index is 2.46. The first-order valence-electron chi connectivity index (χ1n) is 4.20. The van der Waals surface area contributed by atoms with Crippen molar-refractivity contribution in [2.45, 2.75) is 0 Å². The predicted molar refractivity (Wildman–Crippen MR) is 64.0 cm³/mol. The van der Waals surface area contributed by atoms with E-state index < -0.39 is 0 Å². The fourth-order valence-corrected chi connectivity index (χ4v) is 2.01. The Morgan fingerprint density at radius 1 is 1.20 bits per heavy atom. The molecule has 76 valence electrons. The summed E-state index contributed by atoms with van der Waals surface area (Å²) in [7, 11) is 0. The quantitative estimate of drug-likeness (QED) is 0.778.